The molecule has 2 aliphatic heterocycles. The first kappa shape index (κ1) is 32.5. The fourth-order valence-electron chi connectivity index (χ4n) is 4.41. The highest BCUT2D eigenvalue weighted by molar-refractivity contribution is 5.94. The van der Waals surface area contributed by atoms with Gasteiger partial charge in [-0.2, -0.15) is 26.3 Å². The fourth-order valence-corrected chi connectivity index (χ4v) is 4.41. The smallest absolute Gasteiger partial charge is 0.475 e. The third-order valence-corrected chi connectivity index (χ3v) is 6.14. The Hall–Kier alpha value is -3.72. The SMILES string of the molecule is CO[C@H]1CCN(C(=O)c2ccccc2)[C@@H]2CN(Cc3cccnc3)C[C@H]12.O=C(O)C(F)(F)F.O=C(O)C(F)(F)F. The van der Waals surface area contributed by atoms with Crippen LogP contribution in [0.4, 0.5) is 26.3 Å². The lowest BCUT2D eigenvalue weighted by atomic mass is 9.88. The number of alkyl halides is 6. The van der Waals surface area contributed by atoms with Gasteiger partial charge in [0, 0.05) is 57.2 Å². The summed E-state index contributed by atoms with van der Waals surface area (Å²) in [6, 6.07) is 13.9. The number of methoxy groups -OCH3 is 1. The van der Waals surface area contributed by atoms with Crippen molar-refractivity contribution in [3.63, 3.8) is 0 Å². The van der Waals surface area contributed by atoms with Crippen molar-refractivity contribution in [3.8, 4) is 0 Å². The number of amides is 1. The molecule has 220 valence electrons. The number of ether oxygens (including phenoxy) is 1. The second kappa shape index (κ2) is 14.1. The van der Waals surface area contributed by atoms with Crippen molar-refractivity contribution in [2.75, 3.05) is 26.7 Å². The van der Waals surface area contributed by atoms with Gasteiger partial charge in [-0.15, -0.1) is 0 Å². The minimum Gasteiger partial charge on any atom is -0.475 e. The predicted octanol–water partition coefficient (Wildman–Crippen LogP) is 3.71. The zero-order valence-electron chi connectivity index (χ0n) is 21.1. The van der Waals surface area contributed by atoms with Gasteiger partial charge in [-0.25, -0.2) is 9.59 Å². The van der Waals surface area contributed by atoms with Crippen LogP contribution in [0.25, 0.3) is 0 Å². The van der Waals surface area contributed by atoms with Crippen LogP contribution < -0.4 is 0 Å². The summed E-state index contributed by atoms with van der Waals surface area (Å²) in [6.07, 6.45) is -5.33. The Bertz CT molecular complexity index is 1090. The first-order valence-corrected chi connectivity index (χ1v) is 11.8. The normalized spacial score (nSPS) is 20.8. The molecule has 0 saturated carbocycles. The number of fused-ring (bicyclic) bond motifs is 1. The van der Waals surface area contributed by atoms with Crippen LogP contribution in [0.15, 0.2) is 54.9 Å². The van der Waals surface area contributed by atoms with Crippen LogP contribution in [0.2, 0.25) is 0 Å². The van der Waals surface area contributed by atoms with Crippen LogP contribution in [0.5, 0.6) is 0 Å². The molecule has 2 saturated heterocycles. The number of hydrogen-bond donors (Lipinski definition) is 2. The first-order valence-electron chi connectivity index (χ1n) is 11.8. The minimum atomic E-state index is -5.08. The molecule has 1 aromatic carbocycles. The molecule has 40 heavy (non-hydrogen) atoms. The quantitative estimate of drug-likeness (QED) is 0.527. The van der Waals surface area contributed by atoms with Gasteiger partial charge in [0.1, 0.15) is 0 Å². The predicted molar refractivity (Wildman–Crippen MR) is 127 cm³/mol. The molecule has 1 amide bonds. The Morgan fingerprint density at radius 2 is 1.52 bits per heavy atom. The van der Waals surface area contributed by atoms with E-state index in [1.165, 1.54) is 5.56 Å². The zero-order valence-corrected chi connectivity index (χ0v) is 21.1. The van der Waals surface area contributed by atoms with E-state index in [4.69, 9.17) is 24.5 Å². The monoisotopic (exact) mass is 579 g/mol. The second-order valence-electron chi connectivity index (χ2n) is 8.82. The number of pyridine rings is 1. The molecule has 1 aromatic heterocycles. The van der Waals surface area contributed by atoms with Crippen LogP contribution in [-0.4, -0.2) is 94.1 Å². The lowest BCUT2D eigenvalue weighted by Crippen LogP contribution is -2.53. The number of carbonyl (C=O) groups excluding carboxylic acids is 1. The van der Waals surface area contributed by atoms with Crippen molar-refractivity contribution in [2.45, 2.75) is 37.5 Å². The van der Waals surface area contributed by atoms with E-state index in [0.29, 0.717) is 5.92 Å². The van der Waals surface area contributed by atoms with Gasteiger partial charge in [0.05, 0.1) is 12.1 Å². The zero-order chi connectivity index (χ0) is 30.1. The number of aromatic nitrogens is 1. The van der Waals surface area contributed by atoms with E-state index < -0.39 is 24.3 Å². The number of carboxylic acids is 2. The molecule has 2 fully saturated rings. The number of halogens is 6. The van der Waals surface area contributed by atoms with E-state index in [0.717, 1.165) is 38.2 Å². The number of benzene rings is 1. The number of rotatable bonds is 4. The molecular weight excluding hydrogens is 552 g/mol. The molecule has 4 rings (SSSR count). The molecule has 0 radical (unpaired) electrons. The van der Waals surface area contributed by atoms with Gasteiger partial charge in [0.15, 0.2) is 0 Å². The van der Waals surface area contributed by atoms with E-state index in [1.807, 2.05) is 42.6 Å². The molecule has 3 heterocycles. The maximum atomic E-state index is 13.1. The largest absolute Gasteiger partial charge is 0.490 e. The molecular formula is C25H27F6N3O6. The van der Waals surface area contributed by atoms with Crippen LogP contribution in [0, 0.1) is 5.92 Å². The number of nitrogens with zero attached hydrogens (tertiary/aromatic N) is 3. The van der Waals surface area contributed by atoms with Gasteiger partial charge in [0.2, 0.25) is 0 Å². The molecule has 0 spiro atoms. The molecule has 2 aromatic rings. The van der Waals surface area contributed by atoms with E-state index >= 15 is 0 Å². The van der Waals surface area contributed by atoms with Crippen LogP contribution >= 0.6 is 0 Å². The summed E-state index contributed by atoms with van der Waals surface area (Å²) in [4.78, 5) is 39.6. The van der Waals surface area contributed by atoms with E-state index in [2.05, 4.69) is 20.9 Å². The van der Waals surface area contributed by atoms with Gasteiger partial charge >= 0.3 is 24.3 Å². The summed E-state index contributed by atoms with van der Waals surface area (Å²) in [6.45, 7) is 3.47. The summed E-state index contributed by atoms with van der Waals surface area (Å²) in [7, 11) is 1.79. The van der Waals surface area contributed by atoms with Gasteiger partial charge in [-0.1, -0.05) is 24.3 Å². The summed E-state index contributed by atoms with van der Waals surface area (Å²) >= 11 is 0. The standard InChI is InChI=1S/C21H25N3O2.2C2HF3O2/c1-26-20-9-11-24(21(25)17-7-3-2-4-8-17)19-15-23(14-18(19)20)13-16-6-5-10-22-12-16;2*3-2(4,5)1(6)7/h2-8,10,12,18-20H,9,11,13-15H2,1H3;2*(H,6,7)/t18-,19+,20-;;/m0../s1. The Balaban J connectivity index is 0.000000333. The highest BCUT2D eigenvalue weighted by atomic mass is 19.4. The van der Waals surface area contributed by atoms with Crippen molar-refractivity contribution in [1.29, 1.82) is 0 Å². The molecule has 0 unspecified atom stereocenters. The van der Waals surface area contributed by atoms with Crippen LogP contribution in [0.3, 0.4) is 0 Å². The van der Waals surface area contributed by atoms with E-state index in [1.54, 1.807) is 13.3 Å². The average Bonchev–Trinajstić information content (AvgIpc) is 3.32. The van der Waals surface area contributed by atoms with Crippen molar-refractivity contribution in [2.24, 2.45) is 5.92 Å². The van der Waals surface area contributed by atoms with E-state index in [-0.39, 0.29) is 18.1 Å². The minimum absolute atomic E-state index is 0.137. The number of hydrogen-bond acceptors (Lipinski definition) is 6. The summed E-state index contributed by atoms with van der Waals surface area (Å²) in [5.74, 6) is -5.02. The van der Waals surface area contributed by atoms with Crippen molar-refractivity contribution >= 4 is 17.8 Å². The molecule has 3 atom stereocenters. The molecule has 9 nitrogen and oxygen atoms in total. The third-order valence-electron chi connectivity index (χ3n) is 6.14. The number of likely N-dealkylation sites (tertiary alicyclic amines) is 2. The van der Waals surface area contributed by atoms with Crippen molar-refractivity contribution in [1.82, 2.24) is 14.8 Å². The lowest BCUT2D eigenvalue weighted by Gasteiger charge is -2.41. The third kappa shape index (κ3) is 9.48. The summed E-state index contributed by atoms with van der Waals surface area (Å²) < 4.78 is 69.2. The van der Waals surface area contributed by atoms with Gasteiger partial charge in [-0.05, 0) is 30.2 Å². The van der Waals surface area contributed by atoms with Crippen molar-refractivity contribution < 1.29 is 55.7 Å². The van der Waals surface area contributed by atoms with Crippen LogP contribution in [0.1, 0.15) is 22.3 Å². The van der Waals surface area contributed by atoms with Gasteiger partial charge in [0.25, 0.3) is 5.91 Å². The summed E-state index contributed by atoms with van der Waals surface area (Å²) in [5.41, 5.74) is 1.98. The van der Waals surface area contributed by atoms with Crippen LogP contribution in [-0.2, 0) is 20.9 Å². The highest BCUT2D eigenvalue weighted by Gasteiger charge is 2.46. The van der Waals surface area contributed by atoms with Gasteiger partial charge < -0.3 is 19.8 Å². The number of aliphatic carboxylic acids is 2. The number of piperidine rings is 1. The second-order valence-corrected chi connectivity index (χ2v) is 8.82. The maximum Gasteiger partial charge on any atom is 0.490 e. The maximum absolute atomic E-state index is 13.1. The lowest BCUT2D eigenvalue weighted by molar-refractivity contribution is -0.193. The topological polar surface area (TPSA) is 120 Å². The molecule has 15 heteroatoms. The van der Waals surface area contributed by atoms with Crippen molar-refractivity contribution in [3.05, 3.63) is 66.0 Å². The van der Waals surface area contributed by atoms with Gasteiger partial charge in [-0.3, -0.25) is 14.7 Å². The van der Waals surface area contributed by atoms with E-state index in [9.17, 15) is 31.1 Å². The Kier molecular flexibility index (Phi) is 11.4. The Morgan fingerprint density at radius 1 is 0.950 bits per heavy atom. The number of carbonyl (C=O) groups is 3. The highest BCUT2D eigenvalue weighted by Crippen LogP contribution is 2.34. The summed E-state index contributed by atoms with van der Waals surface area (Å²) in [5, 5.41) is 14.2. The molecule has 0 bridgehead atoms. The molecule has 0 aliphatic carbocycles. The first-order chi connectivity index (χ1) is 18.6. The Morgan fingerprint density at radius 3 is 2.00 bits per heavy atom. The molecule has 2 N–H and O–H groups in total. The molecule has 2 aliphatic rings. The fraction of sp³-hybridized carbons (Fsp3) is 0.440. The number of carboxylic acid groups (broad SMARTS) is 2. The Labute approximate surface area is 225 Å². The average molecular weight is 579 g/mol.